The second-order valence-corrected chi connectivity index (χ2v) is 8.78. The highest BCUT2D eigenvalue weighted by atomic mass is 35.5. The molecular weight excluding hydrogens is 463 g/mol. The van der Waals surface area contributed by atoms with Crippen LogP contribution in [0.2, 0.25) is 10.0 Å². The maximum absolute atomic E-state index is 12.7. The molecule has 0 atom stereocenters. The van der Waals surface area contributed by atoms with Gasteiger partial charge in [0, 0.05) is 17.3 Å². The summed E-state index contributed by atoms with van der Waals surface area (Å²) in [6.45, 7) is 0. The van der Waals surface area contributed by atoms with Gasteiger partial charge in [0.15, 0.2) is 0 Å². The summed E-state index contributed by atoms with van der Waals surface area (Å²) in [6.07, 6.45) is 0. The van der Waals surface area contributed by atoms with Gasteiger partial charge in [0.05, 0.1) is 34.8 Å². The molecule has 0 fully saturated rings. The van der Waals surface area contributed by atoms with Crippen LogP contribution in [0.5, 0.6) is 11.5 Å². The third-order valence-corrected chi connectivity index (χ3v) is 6.35. The molecule has 0 bridgehead atoms. The Morgan fingerprint density at radius 1 is 0.903 bits per heavy atom. The molecule has 0 aliphatic heterocycles. The number of carbonyl (C=O) groups excluding carboxylic acids is 1. The molecule has 7 nitrogen and oxygen atoms in total. The van der Waals surface area contributed by atoms with Gasteiger partial charge in [-0.25, -0.2) is 8.42 Å². The van der Waals surface area contributed by atoms with Crippen LogP contribution in [0.25, 0.3) is 0 Å². The van der Waals surface area contributed by atoms with E-state index in [-0.39, 0.29) is 26.2 Å². The van der Waals surface area contributed by atoms with Crippen LogP contribution in [0.3, 0.4) is 0 Å². The van der Waals surface area contributed by atoms with Gasteiger partial charge in [0.1, 0.15) is 11.5 Å². The van der Waals surface area contributed by atoms with Gasteiger partial charge < -0.3 is 14.8 Å². The third kappa shape index (κ3) is 5.41. The zero-order valence-corrected chi connectivity index (χ0v) is 18.8. The van der Waals surface area contributed by atoms with Crippen LogP contribution >= 0.6 is 23.2 Å². The SMILES string of the molecule is COc1ccc(NC(=O)c2cccc(NS(=O)(=O)c3ccc(Cl)c(Cl)c3)c2)c(OC)c1. The van der Waals surface area contributed by atoms with Crippen molar-refractivity contribution in [1.29, 1.82) is 0 Å². The van der Waals surface area contributed by atoms with E-state index in [4.69, 9.17) is 32.7 Å². The molecule has 0 saturated heterocycles. The monoisotopic (exact) mass is 480 g/mol. The number of ether oxygens (including phenoxy) is 2. The van der Waals surface area contributed by atoms with Gasteiger partial charge in [0.25, 0.3) is 15.9 Å². The molecule has 10 heteroatoms. The molecule has 3 aromatic carbocycles. The lowest BCUT2D eigenvalue weighted by atomic mass is 10.2. The molecule has 0 aliphatic rings. The van der Waals surface area contributed by atoms with Gasteiger partial charge in [0.2, 0.25) is 0 Å². The highest BCUT2D eigenvalue weighted by Gasteiger charge is 2.17. The van der Waals surface area contributed by atoms with Crippen LogP contribution in [-0.4, -0.2) is 28.5 Å². The number of carbonyl (C=O) groups is 1. The van der Waals surface area contributed by atoms with Crippen molar-refractivity contribution in [3.05, 3.63) is 76.3 Å². The van der Waals surface area contributed by atoms with Gasteiger partial charge >= 0.3 is 0 Å². The minimum Gasteiger partial charge on any atom is -0.497 e. The highest BCUT2D eigenvalue weighted by molar-refractivity contribution is 7.92. The zero-order valence-electron chi connectivity index (χ0n) is 16.5. The van der Waals surface area contributed by atoms with E-state index in [1.807, 2.05) is 0 Å². The minimum absolute atomic E-state index is 0.0558. The summed E-state index contributed by atoms with van der Waals surface area (Å²) in [7, 11) is -0.931. The first kappa shape index (κ1) is 22.7. The van der Waals surface area contributed by atoms with E-state index in [1.165, 1.54) is 44.6 Å². The van der Waals surface area contributed by atoms with Crippen LogP contribution in [0.1, 0.15) is 10.4 Å². The Hall–Kier alpha value is -2.94. The molecule has 0 aliphatic carbocycles. The molecule has 31 heavy (non-hydrogen) atoms. The number of sulfonamides is 1. The molecule has 0 radical (unpaired) electrons. The Morgan fingerprint density at radius 3 is 2.35 bits per heavy atom. The van der Waals surface area contributed by atoms with Crippen molar-refractivity contribution < 1.29 is 22.7 Å². The Labute approximate surface area is 189 Å². The fraction of sp³-hybridized carbons (Fsp3) is 0.0952. The van der Waals surface area contributed by atoms with Crippen LogP contribution in [0.15, 0.2) is 65.6 Å². The average Bonchev–Trinajstić information content (AvgIpc) is 2.75. The fourth-order valence-electron chi connectivity index (χ4n) is 2.68. The minimum atomic E-state index is -3.93. The number of hydrogen-bond donors (Lipinski definition) is 2. The Kier molecular flexibility index (Phi) is 6.94. The van der Waals surface area contributed by atoms with Crippen LogP contribution in [0, 0.1) is 0 Å². The van der Waals surface area contributed by atoms with E-state index in [9.17, 15) is 13.2 Å². The first-order chi connectivity index (χ1) is 14.7. The number of benzene rings is 3. The number of amides is 1. The summed E-state index contributed by atoms with van der Waals surface area (Å²) in [5.41, 5.74) is 0.891. The van der Waals surface area contributed by atoms with Crippen molar-refractivity contribution in [3.8, 4) is 11.5 Å². The third-order valence-electron chi connectivity index (χ3n) is 4.24. The maximum Gasteiger partial charge on any atom is 0.261 e. The van der Waals surface area contributed by atoms with Crippen molar-refractivity contribution in [1.82, 2.24) is 0 Å². The molecular formula is C21H18Cl2N2O5S. The van der Waals surface area contributed by atoms with Crippen molar-refractivity contribution in [3.63, 3.8) is 0 Å². The van der Waals surface area contributed by atoms with Gasteiger partial charge in [-0.2, -0.15) is 0 Å². The van der Waals surface area contributed by atoms with E-state index in [0.29, 0.717) is 17.2 Å². The number of rotatable bonds is 7. The van der Waals surface area contributed by atoms with Crippen molar-refractivity contribution in [2.45, 2.75) is 4.90 Å². The summed E-state index contributed by atoms with van der Waals surface area (Å²) in [6, 6.07) is 15.0. The summed E-state index contributed by atoms with van der Waals surface area (Å²) in [4.78, 5) is 12.6. The van der Waals surface area contributed by atoms with Gasteiger partial charge in [-0.3, -0.25) is 9.52 Å². The maximum atomic E-state index is 12.7. The van der Waals surface area contributed by atoms with E-state index >= 15 is 0 Å². The molecule has 162 valence electrons. The smallest absolute Gasteiger partial charge is 0.261 e. The Balaban J connectivity index is 1.81. The van der Waals surface area contributed by atoms with E-state index in [1.54, 1.807) is 30.3 Å². The zero-order chi connectivity index (χ0) is 22.6. The van der Waals surface area contributed by atoms with E-state index in [0.717, 1.165) is 0 Å². The quantitative estimate of drug-likeness (QED) is 0.492. The molecule has 1 amide bonds. The van der Waals surface area contributed by atoms with Gasteiger partial charge in [-0.15, -0.1) is 0 Å². The average molecular weight is 481 g/mol. The van der Waals surface area contributed by atoms with Crippen molar-refractivity contribution in [2.75, 3.05) is 24.3 Å². The molecule has 0 spiro atoms. The summed E-state index contributed by atoms with van der Waals surface area (Å²) in [5.74, 6) is 0.553. The molecule has 0 heterocycles. The van der Waals surface area contributed by atoms with Crippen LogP contribution in [-0.2, 0) is 10.0 Å². The number of halogens is 2. The van der Waals surface area contributed by atoms with Crippen molar-refractivity contribution >= 4 is 50.5 Å². The lowest BCUT2D eigenvalue weighted by Crippen LogP contribution is -2.15. The first-order valence-corrected chi connectivity index (χ1v) is 11.1. The predicted octanol–water partition coefficient (Wildman–Crippen LogP) is 5.06. The predicted molar refractivity (Wildman–Crippen MR) is 121 cm³/mol. The number of nitrogens with one attached hydrogen (secondary N) is 2. The number of hydrogen-bond acceptors (Lipinski definition) is 5. The highest BCUT2D eigenvalue weighted by Crippen LogP contribution is 2.30. The van der Waals surface area contributed by atoms with Gasteiger partial charge in [-0.05, 0) is 48.5 Å². The second-order valence-electron chi connectivity index (χ2n) is 6.28. The van der Waals surface area contributed by atoms with Gasteiger partial charge in [-0.1, -0.05) is 29.3 Å². The summed E-state index contributed by atoms with van der Waals surface area (Å²) < 4.78 is 38.1. The first-order valence-electron chi connectivity index (χ1n) is 8.85. The summed E-state index contributed by atoms with van der Waals surface area (Å²) >= 11 is 11.8. The van der Waals surface area contributed by atoms with Crippen molar-refractivity contribution in [2.24, 2.45) is 0 Å². The van der Waals surface area contributed by atoms with E-state index < -0.39 is 15.9 Å². The second kappa shape index (κ2) is 9.47. The number of methoxy groups -OCH3 is 2. The normalized spacial score (nSPS) is 11.0. The Morgan fingerprint density at radius 2 is 1.68 bits per heavy atom. The molecule has 3 aromatic rings. The molecule has 0 saturated carbocycles. The van der Waals surface area contributed by atoms with Crippen LogP contribution in [0.4, 0.5) is 11.4 Å². The van der Waals surface area contributed by atoms with E-state index in [2.05, 4.69) is 10.0 Å². The molecule has 0 unspecified atom stereocenters. The molecule has 0 aromatic heterocycles. The fourth-order valence-corrected chi connectivity index (χ4v) is 4.12. The summed E-state index contributed by atoms with van der Waals surface area (Å²) in [5, 5.41) is 3.10. The lowest BCUT2D eigenvalue weighted by Gasteiger charge is -2.13. The molecule has 2 N–H and O–H groups in total. The Bertz CT molecular complexity index is 1230. The molecule has 3 rings (SSSR count). The largest absolute Gasteiger partial charge is 0.497 e. The number of anilines is 2. The topological polar surface area (TPSA) is 93.7 Å². The lowest BCUT2D eigenvalue weighted by molar-refractivity contribution is 0.102. The van der Waals surface area contributed by atoms with Crippen LogP contribution < -0.4 is 19.5 Å². The standard InChI is InChI=1S/C21H18Cl2N2O5S/c1-29-15-6-9-19(20(11-15)30-2)24-21(26)13-4-3-5-14(10-13)25-31(27,28)16-7-8-17(22)18(23)12-16/h3-12,25H,1-2H3,(H,24,26).